The smallest absolute Gasteiger partial charge is 0.267 e. The van der Waals surface area contributed by atoms with Crippen LogP contribution in [0.25, 0.3) is 5.03 Å². The Hall–Kier alpha value is -1.53. The molecule has 1 aromatic rings. The van der Waals surface area contributed by atoms with Crippen molar-refractivity contribution in [3.8, 4) is 0 Å². The summed E-state index contributed by atoms with van der Waals surface area (Å²) in [6.07, 6.45) is 1.42. The Bertz CT molecular complexity index is 707. The summed E-state index contributed by atoms with van der Waals surface area (Å²) in [7, 11) is -3.76. The third kappa shape index (κ3) is 1.74. The van der Waals surface area contributed by atoms with E-state index in [1.54, 1.807) is 18.2 Å². The van der Waals surface area contributed by atoms with Gasteiger partial charge in [-0.15, -0.1) is 0 Å². The summed E-state index contributed by atoms with van der Waals surface area (Å²) < 4.78 is 26.2. The molecule has 19 heavy (non-hydrogen) atoms. The number of rotatable bonds is 2. The molecular formula is C12H11ClN2O3S. The second-order valence-electron chi connectivity index (χ2n) is 4.56. The molecule has 2 N–H and O–H groups in total. The van der Waals surface area contributed by atoms with Gasteiger partial charge in [-0.25, -0.2) is 8.42 Å². The highest BCUT2D eigenvalue weighted by atomic mass is 35.5. The van der Waals surface area contributed by atoms with Crippen LogP contribution in [0.2, 0.25) is 0 Å². The van der Waals surface area contributed by atoms with E-state index in [9.17, 15) is 13.2 Å². The molecule has 0 bridgehead atoms. The topological polar surface area (TPSA) is 80.5 Å². The van der Waals surface area contributed by atoms with Gasteiger partial charge in [0.2, 0.25) is 0 Å². The molecule has 1 fully saturated rings. The monoisotopic (exact) mass is 298 g/mol. The maximum atomic E-state index is 12.6. The minimum Gasteiger partial charge on any atom is -0.364 e. The molecule has 0 unspecified atom stereocenters. The van der Waals surface area contributed by atoms with Gasteiger partial charge in [0, 0.05) is 11.6 Å². The quantitative estimate of drug-likeness (QED) is 0.892. The summed E-state index contributed by atoms with van der Waals surface area (Å²) in [6.45, 7) is 0. The number of amides is 1. The lowest BCUT2D eigenvalue weighted by atomic mass is 10.1. The summed E-state index contributed by atoms with van der Waals surface area (Å²) in [6, 6.07) is 6.14. The van der Waals surface area contributed by atoms with E-state index in [0.717, 1.165) is 4.31 Å². The number of nitrogens with two attached hydrogens (primary N) is 1. The third-order valence-corrected chi connectivity index (χ3v) is 5.49. The van der Waals surface area contributed by atoms with Gasteiger partial charge in [-0.2, -0.15) is 0 Å². The van der Waals surface area contributed by atoms with Crippen LogP contribution in [0.5, 0.6) is 0 Å². The predicted molar refractivity (Wildman–Crippen MR) is 70.5 cm³/mol. The number of sulfonamides is 1. The number of benzene rings is 1. The fourth-order valence-corrected chi connectivity index (χ4v) is 4.62. The molecule has 3 rings (SSSR count). The van der Waals surface area contributed by atoms with Crippen LogP contribution in [0, 0.1) is 0 Å². The Morgan fingerprint density at radius 1 is 1.32 bits per heavy atom. The summed E-state index contributed by atoms with van der Waals surface area (Å²) in [5, 5.41) is 0.102. The van der Waals surface area contributed by atoms with Crippen molar-refractivity contribution in [1.82, 2.24) is 4.31 Å². The molecule has 0 aromatic heterocycles. The molecular weight excluding hydrogens is 288 g/mol. The van der Waals surface area contributed by atoms with Gasteiger partial charge in [0.1, 0.15) is 5.70 Å². The van der Waals surface area contributed by atoms with Gasteiger partial charge in [0.15, 0.2) is 0 Å². The summed E-state index contributed by atoms with van der Waals surface area (Å²) in [5.74, 6) is -0.824. The normalized spacial score (nSPS) is 21.2. The highest BCUT2D eigenvalue weighted by Gasteiger charge is 2.46. The Morgan fingerprint density at radius 2 is 1.95 bits per heavy atom. The molecule has 1 amide bonds. The van der Waals surface area contributed by atoms with Gasteiger partial charge in [0.05, 0.1) is 9.93 Å². The van der Waals surface area contributed by atoms with Gasteiger partial charge < -0.3 is 5.73 Å². The molecule has 1 saturated carbocycles. The van der Waals surface area contributed by atoms with Crippen LogP contribution in [0.4, 0.5) is 0 Å². The zero-order chi connectivity index (χ0) is 13.8. The van der Waals surface area contributed by atoms with Crippen molar-refractivity contribution in [1.29, 1.82) is 0 Å². The number of hydrogen-bond donors (Lipinski definition) is 1. The van der Waals surface area contributed by atoms with Crippen molar-refractivity contribution < 1.29 is 13.2 Å². The number of carbonyl (C=O) groups is 1. The summed E-state index contributed by atoms with van der Waals surface area (Å²) in [4.78, 5) is 11.7. The van der Waals surface area contributed by atoms with E-state index in [4.69, 9.17) is 17.3 Å². The second kappa shape index (κ2) is 3.98. The minimum atomic E-state index is -3.76. The van der Waals surface area contributed by atoms with Crippen molar-refractivity contribution in [3.63, 3.8) is 0 Å². The fraction of sp³-hybridized carbons (Fsp3) is 0.250. The van der Waals surface area contributed by atoms with Crippen LogP contribution in [0.1, 0.15) is 18.4 Å². The molecule has 1 aromatic carbocycles. The van der Waals surface area contributed by atoms with E-state index < -0.39 is 15.9 Å². The summed E-state index contributed by atoms with van der Waals surface area (Å²) in [5.41, 5.74) is 5.51. The highest BCUT2D eigenvalue weighted by Crippen LogP contribution is 2.44. The molecule has 1 aliphatic heterocycles. The Kier molecular flexibility index (Phi) is 2.62. The van der Waals surface area contributed by atoms with Crippen molar-refractivity contribution in [2.75, 3.05) is 0 Å². The molecule has 1 heterocycles. The van der Waals surface area contributed by atoms with Crippen LogP contribution < -0.4 is 5.73 Å². The molecule has 0 atom stereocenters. The van der Waals surface area contributed by atoms with E-state index in [2.05, 4.69) is 0 Å². The zero-order valence-corrected chi connectivity index (χ0v) is 11.4. The van der Waals surface area contributed by atoms with Crippen LogP contribution in [-0.2, 0) is 14.8 Å². The molecule has 2 aliphatic rings. The van der Waals surface area contributed by atoms with Crippen LogP contribution in [0.15, 0.2) is 34.9 Å². The SMILES string of the molecule is NC(=O)C1=C(Cl)c2ccccc2S(=O)(=O)N1C1CC1. The van der Waals surface area contributed by atoms with Crippen molar-refractivity contribution in [2.45, 2.75) is 23.8 Å². The summed E-state index contributed by atoms with van der Waals surface area (Å²) >= 11 is 6.17. The molecule has 0 saturated heterocycles. The first kappa shape index (κ1) is 12.5. The molecule has 1 aliphatic carbocycles. The van der Waals surface area contributed by atoms with Gasteiger partial charge in [-0.3, -0.25) is 9.10 Å². The van der Waals surface area contributed by atoms with E-state index in [1.165, 1.54) is 6.07 Å². The number of nitrogens with zero attached hydrogens (tertiary/aromatic N) is 1. The lowest BCUT2D eigenvalue weighted by Crippen LogP contribution is -2.41. The lowest BCUT2D eigenvalue weighted by molar-refractivity contribution is -0.115. The number of hydrogen-bond acceptors (Lipinski definition) is 3. The molecule has 5 nitrogen and oxygen atoms in total. The van der Waals surface area contributed by atoms with Gasteiger partial charge in [0.25, 0.3) is 15.9 Å². The minimum absolute atomic E-state index is 0.102. The average Bonchev–Trinajstić information content (AvgIpc) is 3.17. The Morgan fingerprint density at radius 3 is 2.53 bits per heavy atom. The molecule has 0 radical (unpaired) electrons. The van der Waals surface area contributed by atoms with Gasteiger partial charge in [-0.05, 0) is 18.9 Å². The number of fused-ring (bicyclic) bond motifs is 1. The van der Waals surface area contributed by atoms with E-state index in [-0.39, 0.29) is 21.7 Å². The standard InChI is InChI=1S/C12H11ClN2O3S/c13-10-8-3-1-2-4-9(8)19(17,18)15(7-5-6-7)11(10)12(14)16/h1-4,7H,5-6H2,(H2,14,16). The second-order valence-corrected chi connectivity index (χ2v) is 6.72. The van der Waals surface area contributed by atoms with E-state index in [1.807, 2.05) is 0 Å². The first-order valence-corrected chi connectivity index (χ1v) is 7.60. The van der Waals surface area contributed by atoms with Crippen LogP contribution in [0.3, 0.4) is 0 Å². The number of primary amides is 1. The maximum Gasteiger partial charge on any atom is 0.267 e. The zero-order valence-electron chi connectivity index (χ0n) is 9.84. The largest absolute Gasteiger partial charge is 0.364 e. The Labute approximate surface area is 115 Å². The predicted octanol–water partition coefficient (Wildman–Crippen LogP) is 1.25. The van der Waals surface area contributed by atoms with Crippen LogP contribution in [-0.4, -0.2) is 24.7 Å². The average molecular weight is 299 g/mol. The Balaban J connectivity index is 2.35. The first-order chi connectivity index (χ1) is 8.94. The van der Waals surface area contributed by atoms with Gasteiger partial charge in [-0.1, -0.05) is 29.8 Å². The molecule has 100 valence electrons. The number of carbonyl (C=O) groups excluding carboxylic acids is 1. The van der Waals surface area contributed by atoms with Gasteiger partial charge >= 0.3 is 0 Å². The fourth-order valence-electron chi connectivity index (χ4n) is 2.23. The third-order valence-electron chi connectivity index (χ3n) is 3.20. The highest BCUT2D eigenvalue weighted by molar-refractivity contribution is 7.89. The molecule has 0 spiro atoms. The number of halogens is 1. The van der Waals surface area contributed by atoms with Crippen molar-refractivity contribution >= 4 is 32.6 Å². The van der Waals surface area contributed by atoms with E-state index >= 15 is 0 Å². The van der Waals surface area contributed by atoms with Crippen molar-refractivity contribution in [2.24, 2.45) is 5.73 Å². The lowest BCUT2D eigenvalue weighted by Gasteiger charge is -2.31. The van der Waals surface area contributed by atoms with Crippen LogP contribution >= 0.6 is 11.6 Å². The van der Waals surface area contributed by atoms with Crippen molar-refractivity contribution in [3.05, 3.63) is 35.5 Å². The maximum absolute atomic E-state index is 12.6. The molecule has 7 heteroatoms. The first-order valence-electron chi connectivity index (χ1n) is 5.78. The van der Waals surface area contributed by atoms with E-state index in [0.29, 0.717) is 18.4 Å².